The van der Waals surface area contributed by atoms with E-state index in [-0.39, 0.29) is 29.0 Å². The molecule has 0 aromatic carbocycles. The van der Waals surface area contributed by atoms with Gasteiger partial charge in [0.1, 0.15) is 24.5 Å². The van der Waals surface area contributed by atoms with Gasteiger partial charge in [-0.05, 0) is 24.6 Å². The predicted octanol–water partition coefficient (Wildman–Crippen LogP) is 6.57. The molecule has 1 aliphatic rings. The molecule has 2 atom stereocenters. The van der Waals surface area contributed by atoms with Crippen LogP contribution in [0.5, 0.6) is 0 Å². The summed E-state index contributed by atoms with van der Waals surface area (Å²) < 4.78 is 36.5. The van der Waals surface area contributed by atoms with Gasteiger partial charge in [0.2, 0.25) is 0 Å². The van der Waals surface area contributed by atoms with Crippen molar-refractivity contribution in [3.05, 3.63) is 53.8 Å². The Bertz CT molecular complexity index is 1550. The van der Waals surface area contributed by atoms with Crippen LogP contribution in [0.3, 0.4) is 0 Å². The van der Waals surface area contributed by atoms with Gasteiger partial charge in [-0.25, -0.2) is 23.7 Å². The summed E-state index contributed by atoms with van der Waals surface area (Å²) in [5.74, 6) is 0.400. The van der Waals surface area contributed by atoms with E-state index in [1.165, 1.54) is 12.3 Å². The maximum atomic E-state index is 13.4. The SMILES string of the molecule is C[Si](C)(C)CCOCn1ccc2c(-c3cnn([C@@H](CC#N)[C@H]4CCN(c5nccc(C(F)F)c5Cl)C4)c3)ncnc21. The highest BCUT2D eigenvalue weighted by Gasteiger charge is 2.33. The zero-order chi connectivity index (χ0) is 29.1. The summed E-state index contributed by atoms with van der Waals surface area (Å²) in [6.45, 7) is 9.24. The van der Waals surface area contributed by atoms with E-state index < -0.39 is 14.5 Å². The predicted molar refractivity (Wildman–Crippen MR) is 157 cm³/mol. The number of nitriles is 1. The third kappa shape index (κ3) is 6.42. The average Bonchev–Trinajstić information content (AvgIpc) is 3.69. The van der Waals surface area contributed by atoms with Crippen LogP contribution in [0.2, 0.25) is 30.7 Å². The van der Waals surface area contributed by atoms with Gasteiger partial charge in [-0.15, -0.1) is 0 Å². The smallest absolute Gasteiger partial charge is 0.265 e. The molecule has 1 saturated heterocycles. The van der Waals surface area contributed by atoms with E-state index in [4.69, 9.17) is 16.3 Å². The Morgan fingerprint density at radius 3 is 2.80 bits per heavy atom. The third-order valence-electron chi connectivity index (χ3n) is 7.50. The molecule has 0 spiro atoms. The Hall–Kier alpha value is -3.40. The molecule has 4 aromatic rings. The highest BCUT2D eigenvalue weighted by molar-refractivity contribution is 6.76. The van der Waals surface area contributed by atoms with Crippen molar-refractivity contribution < 1.29 is 13.5 Å². The van der Waals surface area contributed by atoms with Gasteiger partial charge in [-0.3, -0.25) is 4.68 Å². The van der Waals surface area contributed by atoms with Crippen LogP contribution in [-0.2, 0) is 11.5 Å². The van der Waals surface area contributed by atoms with E-state index in [9.17, 15) is 14.0 Å². The van der Waals surface area contributed by atoms with E-state index in [1.54, 1.807) is 12.5 Å². The molecule has 13 heteroatoms. The second kappa shape index (κ2) is 12.2. The Morgan fingerprint density at radius 2 is 2.05 bits per heavy atom. The van der Waals surface area contributed by atoms with Gasteiger partial charge in [-0.2, -0.15) is 10.4 Å². The van der Waals surface area contributed by atoms with Gasteiger partial charge in [0.15, 0.2) is 0 Å². The number of hydrogen-bond donors (Lipinski definition) is 0. The van der Waals surface area contributed by atoms with Crippen LogP contribution in [0.4, 0.5) is 14.6 Å². The Morgan fingerprint density at radius 1 is 1.22 bits per heavy atom. The monoisotopic (exact) mass is 598 g/mol. The Balaban J connectivity index is 1.33. The summed E-state index contributed by atoms with van der Waals surface area (Å²) in [5, 5.41) is 15.1. The number of halogens is 3. The summed E-state index contributed by atoms with van der Waals surface area (Å²) in [5.41, 5.74) is 2.13. The molecule has 216 valence electrons. The Kier molecular flexibility index (Phi) is 8.68. The first-order valence-corrected chi connectivity index (χ1v) is 17.7. The zero-order valence-corrected chi connectivity index (χ0v) is 25.1. The van der Waals surface area contributed by atoms with Crippen molar-refractivity contribution in [1.29, 1.82) is 5.26 Å². The van der Waals surface area contributed by atoms with Crippen LogP contribution in [0.15, 0.2) is 43.2 Å². The molecule has 0 radical (unpaired) electrons. The van der Waals surface area contributed by atoms with Crippen LogP contribution < -0.4 is 4.90 Å². The summed E-state index contributed by atoms with van der Waals surface area (Å²) in [4.78, 5) is 15.2. The molecule has 5 rings (SSSR count). The van der Waals surface area contributed by atoms with Crippen LogP contribution in [0.25, 0.3) is 22.3 Å². The van der Waals surface area contributed by atoms with E-state index in [0.29, 0.717) is 25.6 Å². The summed E-state index contributed by atoms with van der Waals surface area (Å²) >= 11 is 6.29. The average molecular weight is 599 g/mol. The minimum Gasteiger partial charge on any atom is -0.361 e. The van der Waals surface area contributed by atoms with E-state index >= 15 is 0 Å². The number of anilines is 1. The number of fused-ring (bicyclic) bond motifs is 1. The molecule has 0 aliphatic carbocycles. The number of alkyl halides is 2. The molecular weight excluding hydrogens is 566 g/mol. The number of pyridine rings is 1. The van der Waals surface area contributed by atoms with Crippen LogP contribution in [0.1, 0.15) is 30.9 Å². The molecule has 1 fully saturated rings. The summed E-state index contributed by atoms with van der Waals surface area (Å²) in [7, 11) is -1.17. The number of aromatic nitrogens is 6. The standard InChI is InChI=1S/C28H33ClF2N8OSi/c1-41(2,3)13-12-40-18-38-11-7-22-25(34-17-35-27(22)38)20-14-36-39(16-20)23(4-8-32)19-6-10-37(15-19)28-24(29)21(26(30)31)5-9-33-28/h5,7,9,11,14,16-17,19,23,26H,4,6,10,12-13,15,18H2,1-3H3/t19-,23-/m0/s1. The maximum Gasteiger partial charge on any atom is 0.265 e. The van der Waals surface area contributed by atoms with Crippen LogP contribution >= 0.6 is 11.6 Å². The lowest BCUT2D eigenvalue weighted by molar-refractivity contribution is 0.0899. The number of ether oxygens (including phenoxy) is 1. The lowest BCUT2D eigenvalue weighted by atomic mass is 9.96. The van der Waals surface area contributed by atoms with E-state index in [1.807, 2.05) is 32.6 Å². The molecule has 41 heavy (non-hydrogen) atoms. The third-order valence-corrected chi connectivity index (χ3v) is 9.59. The van der Waals surface area contributed by atoms with Crippen LogP contribution in [0, 0.1) is 17.2 Å². The first-order chi connectivity index (χ1) is 19.7. The van der Waals surface area contributed by atoms with Crippen molar-refractivity contribution in [3.63, 3.8) is 0 Å². The molecule has 0 amide bonds. The molecule has 5 heterocycles. The van der Waals surface area contributed by atoms with Crippen molar-refractivity contribution in [2.24, 2.45) is 5.92 Å². The lowest BCUT2D eigenvalue weighted by Gasteiger charge is -2.23. The van der Waals surface area contributed by atoms with Crippen molar-refractivity contribution >= 4 is 36.5 Å². The summed E-state index contributed by atoms with van der Waals surface area (Å²) in [6.07, 6.45) is 6.85. The highest BCUT2D eigenvalue weighted by Crippen LogP contribution is 2.38. The fourth-order valence-corrected chi connectivity index (χ4v) is 6.29. The minimum atomic E-state index is -2.68. The molecular formula is C28H33ClF2N8OSi. The van der Waals surface area contributed by atoms with Gasteiger partial charge in [0.05, 0.1) is 35.4 Å². The van der Waals surface area contributed by atoms with Crippen molar-refractivity contribution in [2.45, 2.75) is 57.7 Å². The van der Waals surface area contributed by atoms with Gasteiger partial charge in [0.25, 0.3) is 6.43 Å². The molecule has 4 aromatic heterocycles. The molecule has 9 nitrogen and oxygen atoms in total. The first-order valence-electron chi connectivity index (χ1n) is 13.6. The van der Waals surface area contributed by atoms with E-state index in [2.05, 4.69) is 45.8 Å². The maximum absolute atomic E-state index is 13.4. The quantitative estimate of drug-likeness (QED) is 0.142. The second-order valence-corrected chi connectivity index (χ2v) is 17.6. The normalized spacial score (nSPS) is 16.5. The molecule has 0 N–H and O–H groups in total. The topological polar surface area (TPSA) is 97.7 Å². The molecule has 0 unspecified atom stereocenters. The molecule has 0 bridgehead atoms. The number of rotatable bonds is 11. The van der Waals surface area contributed by atoms with Crippen LogP contribution in [-0.4, -0.2) is 57.1 Å². The van der Waals surface area contributed by atoms with Gasteiger partial charge in [-0.1, -0.05) is 31.2 Å². The van der Waals surface area contributed by atoms with Gasteiger partial charge < -0.3 is 14.2 Å². The van der Waals surface area contributed by atoms with Gasteiger partial charge in [0, 0.05) is 68.8 Å². The van der Waals surface area contributed by atoms with Crippen molar-refractivity contribution in [3.8, 4) is 17.3 Å². The minimum absolute atomic E-state index is 0.0254. The fourth-order valence-electron chi connectivity index (χ4n) is 5.22. The number of nitrogens with zero attached hydrogens (tertiary/aromatic N) is 8. The van der Waals surface area contributed by atoms with Crippen molar-refractivity contribution in [1.82, 2.24) is 29.3 Å². The second-order valence-electron chi connectivity index (χ2n) is 11.6. The van der Waals surface area contributed by atoms with E-state index in [0.717, 1.165) is 41.4 Å². The summed E-state index contributed by atoms with van der Waals surface area (Å²) in [6, 6.07) is 6.40. The molecule has 0 saturated carbocycles. The molecule has 1 aliphatic heterocycles. The number of hydrogen-bond acceptors (Lipinski definition) is 7. The lowest BCUT2D eigenvalue weighted by Crippen LogP contribution is -2.26. The fraction of sp³-hybridized carbons (Fsp3) is 0.464. The largest absolute Gasteiger partial charge is 0.361 e. The highest BCUT2D eigenvalue weighted by atomic mass is 35.5. The Labute approximate surface area is 243 Å². The zero-order valence-electron chi connectivity index (χ0n) is 23.3. The van der Waals surface area contributed by atoms with Crippen molar-refractivity contribution in [2.75, 3.05) is 24.6 Å². The van der Waals surface area contributed by atoms with Gasteiger partial charge >= 0.3 is 0 Å². The first kappa shape index (κ1) is 29.1.